The van der Waals surface area contributed by atoms with E-state index in [2.05, 4.69) is 0 Å². The van der Waals surface area contributed by atoms with E-state index in [-0.39, 0.29) is 22.1 Å². The van der Waals surface area contributed by atoms with Crippen LogP contribution in [0.15, 0.2) is 18.2 Å². The van der Waals surface area contributed by atoms with E-state index < -0.39 is 48.1 Å². The summed E-state index contributed by atoms with van der Waals surface area (Å²) in [6.07, 6.45) is -11.1. The fourth-order valence-electron chi connectivity index (χ4n) is 2.37. The highest BCUT2D eigenvalue weighted by atomic mass is 28.2. The first kappa shape index (κ1) is 22.9. The number of hydrogen-bond donors (Lipinski definition) is 0. The standard InChI is InChI=1S/C16H22F6O3Si/c1-9(2)23-14(25-26,24-10(3)4)8-11-5-12(15(17,18)19)7-13(6-11)16(20,21)22/h5-7,9-10H,8H2,1-4,26H3. The van der Waals surface area contributed by atoms with E-state index in [0.29, 0.717) is 12.1 Å². The molecule has 0 aliphatic rings. The van der Waals surface area contributed by atoms with Gasteiger partial charge in [-0.2, -0.15) is 26.3 Å². The van der Waals surface area contributed by atoms with Crippen LogP contribution < -0.4 is 0 Å². The highest BCUT2D eigenvalue weighted by Gasteiger charge is 2.39. The van der Waals surface area contributed by atoms with Gasteiger partial charge >= 0.3 is 12.4 Å². The van der Waals surface area contributed by atoms with Gasteiger partial charge in [0.1, 0.15) is 0 Å². The topological polar surface area (TPSA) is 27.7 Å². The average molecular weight is 404 g/mol. The zero-order valence-electron chi connectivity index (χ0n) is 15.1. The minimum Gasteiger partial charge on any atom is -0.380 e. The Morgan fingerprint density at radius 1 is 0.808 bits per heavy atom. The molecule has 0 heterocycles. The average Bonchev–Trinajstić information content (AvgIpc) is 2.43. The molecular formula is C16H22F6O3Si. The second-order valence-corrected chi connectivity index (χ2v) is 6.72. The van der Waals surface area contributed by atoms with Crippen molar-refractivity contribution in [3.8, 4) is 0 Å². The first-order chi connectivity index (χ1) is 11.7. The van der Waals surface area contributed by atoms with E-state index in [1.807, 2.05) is 0 Å². The molecule has 1 aromatic carbocycles. The van der Waals surface area contributed by atoms with E-state index in [0.717, 1.165) is 0 Å². The first-order valence-electron chi connectivity index (χ1n) is 7.87. The summed E-state index contributed by atoms with van der Waals surface area (Å²) < 4.78 is 94.6. The van der Waals surface area contributed by atoms with Crippen molar-refractivity contribution in [3.63, 3.8) is 0 Å². The van der Waals surface area contributed by atoms with Crippen molar-refractivity contribution in [2.45, 2.75) is 64.6 Å². The van der Waals surface area contributed by atoms with Crippen LogP contribution in [-0.4, -0.2) is 28.7 Å². The Hall–Kier alpha value is -1.10. The van der Waals surface area contributed by atoms with E-state index in [9.17, 15) is 26.3 Å². The molecule has 0 aliphatic carbocycles. The highest BCUT2D eigenvalue weighted by Crippen LogP contribution is 2.37. The Bertz CT molecular complexity index is 556. The molecule has 0 aromatic heterocycles. The predicted molar refractivity (Wildman–Crippen MR) is 86.3 cm³/mol. The summed E-state index contributed by atoms with van der Waals surface area (Å²) in [7, 11) is 0.102. The fourth-order valence-corrected chi connectivity index (χ4v) is 2.71. The van der Waals surface area contributed by atoms with Gasteiger partial charge in [-0.05, 0) is 51.5 Å². The molecule has 0 atom stereocenters. The Balaban J connectivity index is 3.41. The number of halogens is 6. The van der Waals surface area contributed by atoms with Gasteiger partial charge in [0, 0.05) is 0 Å². The maximum Gasteiger partial charge on any atom is 0.416 e. The third-order valence-corrected chi connectivity index (χ3v) is 3.83. The number of hydrogen-bond acceptors (Lipinski definition) is 3. The molecule has 1 aromatic rings. The molecule has 1 rings (SSSR count). The van der Waals surface area contributed by atoms with Gasteiger partial charge in [-0.15, -0.1) is 0 Å². The van der Waals surface area contributed by atoms with Crippen LogP contribution in [0.3, 0.4) is 0 Å². The Kier molecular flexibility index (Phi) is 7.31. The molecule has 0 fully saturated rings. The summed E-state index contributed by atoms with van der Waals surface area (Å²) in [6, 6.07) is 1.38. The lowest BCUT2D eigenvalue weighted by atomic mass is 10.0. The van der Waals surface area contributed by atoms with Crippen LogP contribution in [0.25, 0.3) is 0 Å². The van der Waals surface area contributed by atoms with Crippen molar-refractivity contribution in [2.75, 3.05) is 0 Å². The quantitative estimate of drug-likeness (QED) is 0.390. The summed E-state index contributed by atoms with van der Waals surface area (Å²) in [5, 5.41) is 0. The van der Waals surface area contributed by atoms with Gasteiger partial charge in [0.2, 0.25) is 0 Å². The van der Waals surface area contributed by atoms with E-state index in [1.54, 1.807) is 27.7 Å². The fraction of sp³-hybridized carbons (Fsp3) is 0.625. The maximum absolute atomic E-state index is 13.0. The zero-order chi connectivity index (χ0) is 20.3. The van der Waals surface area contributed by atoms with Gasteiger partial charge in [-0.1, -0.05) is 0 Å². The predicted octanol–water partition coefficient (Wildman–Crippen LogP) is 4.07. The largest absolute Gasteiger partial charge is 0.416 e. The summed E-state index contributed by atoms with van der Waals surface area (Å²) in [6.45, 7) is 6.64. The summed E-state index contributed by atoms with van der Waals surface area (Å²) >= 11 is 0. The Labute approximate surface area is 151 Å². The van der Waals surface area contributed by atoms with Gasteiger partial charge in [-0.25, -0.2) is 0 Å². The van der Waals surface area contributed by atoms with Crippen LogP contribution in [0.1, 0.15) is 44.4 Å². The van der Waals surface area contributed by atoms with Gasteiger partial charge in [-0.3, -0.25) is 0 Å². The normalized spacial score (nSPS) is 13.8. The molecule has 0 N–H and O–H groups in total. The van der Waals surface area contributed by atoms with E-state index >= 15 is 0 Å². The van der Waals surface area contributed by atoms with E-state index in [1.165, 1.54) is 0 Å². The molecule has 0 saturated heterocycles. The lowest BCUT2D eigenvalue weighted by Gasteiger charge is -2.36. The van der Waals surface area contributed by atoms with Crippen molar-refractivity contribution in [1.29, 1.82) is 0 Å². The Morgan fingerprint density at radius 2 is 1.19 bits per heavy atom. The smallest absolute Gasteiger partial charge is 0.380 e. The van der Waals surface area contributed by atoms with Crippen LogP contribution in [0.4, 0.5) is 26.3 Å². The molecule has 26 heavy (non-hydrogen) atoms. The lowest BCUT2D eigenvalue weighted by molar-refractivity contribution is -0.365. The molecule has 0 radical (unpaired) electrons. The molecule has 0 unspecified atom stereocenters. The molecule has 0 spiro atoms. The van der Waals surface area contributed by atoms with Crippen molar-refractivity contribution in [3.05, 3.63) is 34.9 Å². The summed E-state index contributed by atoms with van der Waals surface area (Å²) in [5.41, 5.74) is -3.03. The molecule has 0 bridgehead atoms. The monoisotopic (exact) mass is 404 g/mol. The summed E-state index contributed by atoms with van der Waals surface area (Å²) in [4.78, 5) is 0. The van der Waals surface area contributed by atoms with Crippen LogP contribution in [-0.2, 0) is 32.7 Å². The number of alkyl halides is 6. The second kappa shape index (κ2) is 8.28. The molecule has 10 heteroatoms. The minimum atomic E-state index is -4.92. The molecule has 3 nitrogen and oxygen atoms in total. The number of rotatable bonds is 7. The van der Waals surface area contributed by atoms with Crippen LogP contribution in [0.2, 0.25) is 0 Å². The second-order valence-electron chi connectivity index (χ2n) is 6.31. The number of benzene rings is 1. The molecular weight excluding hydrogens is 382 g/mol. The third kappa shape index (κ3) is 6.56. The van der Waals surface area contributed by atoms with Gasteiger partial charge in [0.05, 0.1) is 29.8 Å². The van der Waals surface area contributed by atoms with E-state index in [4.69, 9.17) is 13.9 Å². The van der Waals surface area contributed by atoms with Crippen LogP contribution in [0, 0.1) is 0 Å². The van der Waals surface area contributed by atoms with Gasteiger partial charge in [0.15, 0.2) is 10.5 Å². The zero-order valence-corrected chi connectivity index (χ0v) is 17.1. The van der Waals surface area contributed by atoms with Crippen molar-refractivity contribution in [2.24, 2.45) is 0 Å². The maximum atomic E-state index is 13.0. The van der Waals surface area contributed by atoms with Gasteiger partial charge in [0.25, 0.3) is 5.97 Å². The lowest BCUT2D eigenvalue weighted by Crippen LogP contribution is -2.44. The molecule has 0 aliphatic heterocycles. The Morgan fingerprint density at radius 3 is 1.46 bits per heavy atom. The van der Waals surface area contributed by atoms with Crippen LogP contribution in [0.5, 0.6) is 0 Å². The van der Waals surface area contributed by atoms with Gasteiger partial charge < -0.3 is 13.9 Å². The number of ether oxygens (including phenoxy) is 2. The highest BCUT2D eigenvalue weighted by molar-refractivity contribution is 5.98. The molecule has 0 amide bonds. The minimum absolute atomic E-state index is 0.0827. The molecule has 150 valence electrons. The van der Waals surface area contributed by atoms with Crippen LogP contribution >= 0.6 is 0 Å². The SMILES string of the molecule is CC(C)OC(Cc1cc(C(F)(F)F)cc(C(F)(F)F)c1)(O[SiH3])OC(C)C. The third-order valence-electron chi connectivity index (χ3n) is 3.21. The van der Waals surface area contributed by atoms with Crippen molar-refractivity contribution in [1.82, 2.24) is 0 Å². The van der Waals surface area contributed by atoms with Crippen molar-refractivity contribution < 1.29 is 40.2 Å². The first-order valence-corrected chi connectivity index (χ1v) is 8.69. The molecule has 0 saturated carbocycles. The summed E-state index contributed by atoms with van der Waals surface area (Å²) in [5.74, 6) is -1.75. The van der Waals surface area contributed by atoms with Crippen molar-refractivity contribution >= 4 is 10.5 Å².